The van der Waals surface area contributed by atoms with E-state index in [0.717, 1.165) is 37.5 Å². The summed E-state index contributed by atoms with van der Waals surface area (Å²) in [6, 6.07) is 6.79. The fraction of sp³-hybridized carbons (Fsp3) is 0.571. The average Bonchev–Trinajstić information content (AvgIpc) is 2.84. The summed E-state index contributed by atoms with van der Waals surface area (Å²) in [4.78, 5) is 0. The Morgan fingerprint density at radius 2 is 2.39 bits per heavy atom. The summed E-state index contributed by atoms with van der Waals surface area (Å²) in [7, 11) is 0. The summed E-state index contributed by atoms with van der Waals surface area (Å²) < 4.78 is 5.50. The highest BCUT2D eigenvalue weighted by atomic mass is 32.2. The van der Waals surface area contributed by atoms with E-state index in [0.29, 0.717) is 6.04 Å². The number of thioether (sulfide) groups is 1. The number of aliphatic hydroxyl groups is 1. The first-order valence-electron chi connectivity index (χ1n) is 6.41. The molecule has 1 aromatic rings. The van der Waals surface area contributed by atoms with Crippen LogP contribution in [0.15, 0.2) is 18.2 Å². The van der Waals surface area contributed by atoms with Crippen LogP contribution in [0.3, 0.4) is 0 Å². The zero-order valence-corrected chi connectivity index (χ0v) is 11.6. The molecule has 0 fully saturated rings. The molecule has 0 spiro atoms. The van der Waals surface area contributed by atoms with Gasteiger partial charge in [-0.3, -0.25) is 0 Å². The Bertz CT molecular complexity index is 378. The summed E-state index contributed by atoms with van der Waals surface area (Å²) in [5, 5.41) is 12.5. The zero-order valence-electron chi connectivity index (χ0n) is 10.8. The zero-order chi connectivity index (χ0) is 12.8. The van der Waals surface area contributed by atoms with Crippen LogP contribution in [0.1, 0.15) is 17.5 Å². The van der Waals surface area contributed by atoms with E-state index < -0.39 is 0 Å². The van der Waals surface area contributed by atoms with Crippen molar-refractivity contribution < 1.29 is 9.84 Å². The van der Waals surface area contributed by atoms with Crippen molar-refractivity contribution in [2.75, 3.05) is 25.2 Å². The summed E-state index contributed by atoms with van der Waals surface area (Å²) in [5.41, 5.74) is 2.61. The number of benzene rings is 1. The highest BCUT2D eigenvalue weighted by molar-refractivity contribution is 7.98. The molecule has 3 nitrogen and oxygen atoms in total. The Morgan fingerprint density at radius 3 is 3.17 bits per heavy atom. The molecule has 0 saturated carbocycles. The number of aliphatic hydroxyl groups excluding tert-OH is 1. The fourth-order valence-electron chi connectivity index (χ4n) is 2.21. The quantitative estimate of drug-likeness (QED) is 0.791. The van der Waals surface area contributed by atoms with Gasteiger partial charge in [0.2, 0.25) is 0 Å². The third kappa shape index (κ3) is 3.64. The van der Waals surface area contributed by atoms with Gasteiger partial charge in [0.1, 0.15) is 5.75 Å². The SMILES string of the molecule is CSCC(CCO)NCc1ccc2c(c1)CCO2. The number of ether oxygens (including phenoxy) is 1. The van der Waals surface area contributed by atoms with Crippen LogP contribution < -0.4 is 10.1 Å². The second kappa shape index (κ2) is 7.02. The fourth-order valence-corrected chi connectivity index (χ4v) is 2.90. The van der Waals surface area contributed by atoms with Crippen molar-refractivity contribution in [1.82, 2.24) is 5.32 Å². The molecule has 1 aliphatic rings. The molecule has 100 valence electrons. The minimum atomic E-state index is 0.246. The van der Waals surface area contributed by atoms with Crippen LogP contribution in [-0.4, -0.2) is 36.4 Å². The molecular weight excluding hydrogens is 246 g/mol. The van der Waals surface area contributed by atoms with Gasteiger partial charge in [-0.2, -0.15) is 11.8 Å². The van der Waals surface area contributed by atoms with Crippen molar-refractivity contribution in [3.8, 4) is 5.75 Å². The largest absolute Gasteiger partial charge is 0.493 e. The number of hydrogen-bond donors (Lipinski definition) is 2. The first-order chi connectivity index (χ1) is 8.83. The molecule has 4 heteroatoms. The van der Waals surface area contributed by atoms with E-state index in [1.54, 1.807) is 0 Å². The van der Waals surface area contributed by atoms with Crippen LogP contribution in [0.4, 0.5) is 0 Å². The Hall–Kier alpha value is -0.710. The molecule has 0 amide bonds. The molecule has 1 atom stereocenters. The van der Waals surface area contributed by atoms with Gasteiger partial charge in [-0.15, -0.1) is 0 Å². The van der Waals surface area contributed by atoms with Gasteiger partial charge in [0.25, 0.3) is 0 Å². The standard InChI is InChI=1S/C14H21NO2S/c1-18-10-13(4-6-16)15-9-11-2-3-14-12(8-11)5-7-17-14/h2-3,8,13,15-16H,4-7,9-10H2,1H3. The summed E-state index contributed by atoms with van der Waals surface area (Å²) >= 11 is 1.81. The summed E-state index contributed by atoms with van der Waals surface area (Å²) in [5.74, 6) is 2.07. The van der Waals surface area contributed by atoms with Gasteiger partial charge in [0, 0.05) is 31.4 Å². The van der Waals surface area contributed by atoms with Gasteiger partial charge < -0.3 is 15.2 Å². The van der Waals surface area contributed by atoms with E-state index in [4.69, 9.17) is 9.84 Å². The second-order valence-corrected chi connectivity index (χ2v) is 5.50. The van der Waals surface area contributed by atoms with Gasteiger partial charge in [0.05, 0.1) is 6.61 Å². The average molecular weight is 267 g/mol. The van der Waals surface area contributed by atoms with Crippen LogP contribution in [-0.2, 0) is 13.0 Å². The maximum Gasteiger partial charge on any atom is 0.122 e. The molecule has 0 bridgehead atoms. The van der Waals surface area contributed by atoms with Crippen LogP contribution in [0, 0.1) is 0 Å². The predicted octanol–water partition coefficient (Wildman–Crippen LogP) is 1.83. The third-order valence-corrected chi connectivity index (χ3v) is 3.93. The molecule has 0 aliphatic carbocycles. The number of hydrogen-bond acceptors (Lipinski definition) is 4. The van der Waals surface area contributed by atoms with E-state index in [1.165, 1.54) is 11.1 Å². The summed E-state index contributed by atoms with van der Waals surface area (Å²) in [6.07, 6.45) is 3.93. The van der Waals surface area contributed by atoms with Crippen molar-refractivity contribution >= 4 is 11.8 Å². The van der Waals surface area contributed by atoms with Gasteiger partial charge in [-0.1, -0.05) is 12.1 Å². The predicted molar refractivity (Wildman–Crippen MR) is 76.4 cm³/mol. The molecule has 0 aromatic heterocycles. The molecule has 1 unspecified atom stereocenters. The van der Waals surface area contributed by atoms with E-state index >= 15 is 0 Å². The van der Waals surface area contributed by atoms with Crippen LogP contribution in [0.25, 0.3) is 0 Å². The Morgan fingerprint density at radius 1 is 1.50 bits per heavy atom. The van der Waals surface area contributed by atoms with Crippen molar-refractivity contribution in [2.45, 2.75) is 25.4 Å². The van der Waals surface area contributed by atoms with Crippen molar-refractivity contribution in [3.63, 3.8) is 0 Å². The first-order valence-corrected chi connectivity index (χ1v) is 7.80. The van der Waals surface area contributed by atoms with Crippen molar-refractivity contribution in [1.29, 1.82) is 0 Å². The van der Waals surface area contributed by atoms with Crippen molar-refractivity contribution in [3.05, 3.63) is 29.3 Å². The molecule has 1 heterocycles. The highest BCUT2D eigenvalue weighted by Gasteiger charge is 2.12. The molecular formula is C14H21NO2S. The van der Waals surface area contributed by atoms with Crippen molar-refractivity contribution in [2.24, 2.45) is 0 Å². The van der Waals surface area contributed by atoms with Gasteiger partial charge in [-0.05, 0) is 29.9 Å². The van der Waals surface area contributed by atoms with E-state index in [2.05, 4.69) is 29.8 Å². The lowest BCUT2D eigenvalue weighted by atomic mass is 10.1. The van der Waals surface area contributed by atoms with Gasteiger partial charge in [-0.25, -0.2) is 0 Å². The molecule has 1 aliphatic heterocycles. The van der Waals surface area contributed by atoms with Gasteiger partial charge in [0.15, 0.2) is 0 Å². The monoisotopic (exact) mass is 267 g/mol. The maximum absolute atomic E-state index is 9.02. The maximum atomic E-state index is 9.02. The minimum absolute atomic E-state index is 0.246. The highest BCUT2D eigenvalue weighted by Crippen LogP contribution is 2.25. The summed E-state index contributed by atoms with van der Waals surface area (Å²) in [6.45, 7) is 1.92. The lowest BCUT2D eigenvalue weighted by Crippen LogP contribution is -2.31. The normalized spacial score (nSPS) is 15.2. The molecule has 1 aromatic carbocycles. The third-order valence-electron chi connectivity index (χ3n) is 3.19. The molecule has 0 saturated heterocycles. The lowest BCUT2D eigenvalue weighted by Gasteiger charge is -2.16. The smallest absolute Gasteiger partial charge is 0.122 e. The number of rotatable bonds is 7. The van der Waals surface area contributed by atoms with Crippen LogP contribution >= 0.6 is 11.8 Å². The topological polar surface area (TPSA) is 41.5 Å². The molecule has 18 heavy (non-hydrogen) atoms. The molecule has 2 rings (SSSR count). The second-order valence-electron chi connectivity index (χ2n) is 4.59. The van der Waals surface area contributed by atoms with E-state index in [1.807, 2.05) is 11.8 Å². The van der Waals surface area contributed by atoms with E-state index in [-0.39, 0.29) is 6.61 Å². The Kier molecular flexibility index (Phi) is 5.35. The molecule has 2 N–H and O–H groups in total. The Balaban J connectivity index is 1.88. The first kappa shape index (κ1) is 13.7. The van der Waals surface area contributed by atoms with E-state index in [9.17, 15) is 0 Å². The minimum Gasteiger partial charge on any atom is -0.493 e. The van der Waals surface area contributed by atoms with Crippen LogP contribution in [0.2, 0.25) is 0 Å². The van der Waals surface area contributed by atoms with Crippen LogP contribution in [0.5, 0.6) is 5.75 Å². The lowest BCUT2D eigenvalue weighted by molar-refractivity contribution is 0.270. The Labute approximate surface area is 113 Å². The number of fused-ring (bicyclic) bond motifs is 1. The molecule has 0 radical (unpaired) electrons. The van der Waals surface area contributed by atoms with Gasteiger partial charge >= 0.3 is 0 Å². The number of nitrogens with one attached hydrogen (secondary N) is 1.